The van der Waals surface area contributed by atoms with Crippen LogP contribution in [0.3, 0.4) is 0 Å². The zero-order chi connectivity index (χ0) is 15.3. The lowest BCUT2D eigenvalue weighted by molar-refractivity contribution is -0.124. The lowest BCUT2D eigenvalue weighted by Crippen LogP contribution is -2.31. The Morgan fingerprint density at radius 3 is 2.52 bits per heavy atom. The Morgan fingerprint density at radius 1 is 1.24 bits per heavy atom. The zero-order valence-corrected chi connectivity index (χ0v) is 12.2. The van der Waals surface area contributed by atoms with Crippen LogP contribution in [-0.4, -0.2) is 30.9 Å². The molecule has 3 nitrogen and oxygen atoms in total. The van der Waals surface area contributed by atoms with Crippen LogP contribution in [0.1, 0.15) is 5.69 Å². The van der Waals surface area contributed by atoms with E-state index in [1.54, 1.807) is 23.5 Å². The molecule has 1 aromatic heterocycles. The van der Waals surface area contributed by atoms with Crippen LogP contribution in [0.15, 0.2) is 29.6 Å². The van der Waals surface area contributed by atoms with E-state index >= 15 is 0 Å². The molecule has 1 N–H and O–H groups in total. The second kappa shape index (κ2) is 6.91. The number of thiazole rings is 1. The minimum atomic E-state index is -4.19. The van der Waals surface area contributed by atoms with Crippen LogP contribution in [0.5, 0.6) is 5.75 Å². The molecule has 2 aromatic rings. The summed E-state index contributed by atoms with van der Waals surface area (Å²) in [5.74, 6) is 0.626. The van der Waals surface area contributed by atoms with E-state index < -0.39 is 12.7 Å². The largest absolute Gasteiger partial charge is 0.492 e. The first kappa shape index (κ1) is 15.8. The molecule has 0 atom stereocenters. The van der Waals surface area contributed by atoms with E-state index in [1.807, 2.05) is 24.4 Å². The zero-order valence-electron chi connectivity index (χ0n) is 11.4. The average Bonchev–Trinajstić information content (AvgIpc) is 2.84. The molecule has 0 spiro atoms. The summed E-state index contributed by atoms with van der Waals surface area (Å²) < 4.78 is 41.1. The van der Waals surface area contributed by atoms with E-state index in [2.05, 4.69) is 10.3 Å². The van der Waals surface area contributed by atoms with Gasteiger partial charge in [-0.15, -0.1) is 11.3 Å². The van der Waals surface area contributed by atoms with E-state index in [1.165, 1.54) is 0 Å². The Balaban J connectivity index is 1.78. The minimum absolute atomic E-state index is 0.146. The van der Waals surface area contributed by atoms with Gasteiger partial charge in [0, 0.05) is 23.2 Å². The maximum Gasteiger partial charge on any atom is 0.401 e. The molecule has 21 heavy (non-hydrogen) atoms. The molecule has 0 amide bonds. The summed E-state index contributed by atoms with van der Waals surface area (Å²) in [5.41, 5.74) is 1.97. The molecule has 114 valence electrons. The smallest absolute Gasteiger partial charge is 0.401 e. The molecule has 0 aliphatic carbocycles. The number of nitrogens with one attached hydrogen (secondary N) is 1. The van der Waals surface area contributed by atoms with Crippen LogP contribution in [-0.2, 0) is 0 Å². The first-order valence-electron chi connectivity index (χ1n) is 6.37. The third-order valence-electron chi connectivity index (χ3n) is 2.59. The number of alkyl halides is 3. The fourth-order valence-electron chi connectivity index (χ4n) is 1.65. The van der Waals surface area contributed by atoms with Crippen molar-refractivity contribution < 1.29 is 17.9 Å². The molecule has 7 heteroatoms. The van der Waals surface area contributed by atoms with Crippen molar-refractivity contribution in [3.8, 4) is 16.3 Å². The van der Waals surface area contributed by atoms with Gasteiger partial charge in [0.15, 0.2) is 0 Å². The molecule has 0 radical (unpaired) electrons. The highest BCUT2D eigenvalue weighted by Crippen LogP contribution is 2.25. The van der Waals surface area contributed by atoms with Crippen LogP contribution >= 0.6 is 11.3 Å². The first-order valence-corrected chi connectivity index (χ1v) is 7.25. The van der Waals surface area contributed by atoms with Gasteiger partial charge in [-0.25, -0.2) is 4.98 Å². The number of hydrogen-bond acceptors (Lipinski definition) is 4. The summed E-state index contributed by atoms with van der Waals surface area (Å²) in [6.07, 6.45) is -4.19. The summed E-state index contributed by atoms with van der Waals surface area (Å²) in [6.45, 7) is 1.27. The molecule has 1 heterocycles. The number of aryl methyl sites for hydroxylation is 1. The number of halogens is 3. The second-order valence-electron chi connectivity index (χ2n) is 4.46. The van der Waals surface area contributed by atoms with Gasteiger partial charge in [-0.3, -0.25) is 0 Å². The Labute approximate surface area is 124 Å². The van der Waals surface area contributed by atoms with Gasteiger partial charge >= 0.3 is 6.18 Å². The van der Waals surface area contributed by atoms with Crippen molar-refractivity contribution in [3.05, 3.63) is 35.3 Å². The van der Waals surface area contributed by atoms with Gasteiger partial charge in [-0.1, -0.05) is 0 Å². The monoisotopic (exact) mass is 316 g/mol. The normalized spacial score (nSPS) is 11.6. The molecule has 0 bridgehead atoms. The van der Waals surface area contributed by atoms with Crippen molar-refractivity contribution in [2.45, 2.75) is 13.1 Å². The van der Waals surface area contributed by atoms with Crippen molar-refractivity contribution in [2.24, 2.45) is 0 Å². The number of ether oxygens (including phenoxy) is 1. The molecule has 1 aromatic carbocycles. The third-order valence-corrected chi connectivity index (χ3v) is 3.60. The Bertz CT molecular complexity index is 566. The summed E-state index contributed by atoms with van der Waals surface area (Å²) >= 11 is 1.57. The minimum Gasteiger partial charge on any atom is -0.492 e. The van der Waals surface area contributed by atoms with Crippen LogP contribution < -0.4 is 10.1 Å². The predicted octanol–water partition coefficient (Wildman–Crippen LogP) is 3.65. The van der Waals surface area contributed by atoms with Gasteiger partial charge in [0.05, 0.1) is 6.54 Å². The SMILES string of the molecule is Cc1csc(-c2ccc(OCCNCC(F)(F)F)cc2)n1. The summed E-state index contributed by atoms with van der Waals surface area (Å²) in [4.78, 5) is 4.38. The molecular formula is C14H15F3N2OS. The Kier molecular flexibility index (Phi) is 5.19. The quantitative estimate of drug-likeness (QED) is 0.826. The van der Waals surface area contributed by atoms with Gasteiger partial charge in [0.25, 0.3) is 0 Å². The average molecular weight is 316 g/mol. The molecule has 0 saturated carbocycles. The highest BCUT2D eigenvalue weighted by molar-refractivity contribution is 7.13. The van der Waals surface area contributed by atoms with Crippen molar-refractivity contribution in [3.63, 3.8) is 0 Å². The predicted molar refractivity (Wildman–Crippen MR) is 76.7 cm³/mol. The first-order chi connectivity index (χ1) is 9.94. The molecular weight excluding hydrogens is 301 g/mol. The van der Waals surface area contributed by atoms with Crippen molar-refractivity contribution in [1.82, 2.24) is 10.3 Å². The number of nitrogens with zero attached hydrogens (tertiary/aromatic N) is 1. The molecule has 2 rings (SSSR count). The van der Waals surface area contributed by atoms with E-state index in [4.69, 9.17) is 4.74 Å². The van der Waals surface area contributed by atoms with Crippen LogP contribution in [0.4, 0.5) is 13.2 Å². The second-order valence-corrected chi connectivity index (χ2v) is 5.32. The van der Waals surface area contributed by atoms with Crippen molar-refractivity contribution in [1.29, 1.82) is 0 Å². The number of benzene rings is 1. The van der Waals surface area contributed by atoms with Crippen LogP contribution in [0.25, 0.3) is 10.6 Å². The lowest BCUT2D eigenvalue weighted by atomic mass is 10.2. The molecule has 0 unspecified atom stereocenters. The van der Waals surface area contributed by atoms with Crippen molar-refractivity contribution >= 4 is 11.3 Å². The van der Waals surface area contributed by atoms with Gasteiger partial charge in [-0.05, 0) is 31.2 Å². The summed E-state index contributed by atoms with van der Waals surface area (Å²) in [6, 6.07) is 7.35. The van der Waals surface area contributed by atoms with E-state index in [-0.39, 0.29) is 13.2 Å². The Morgan fingerprint density at radius 2 is 1.95 bits per heavy atom. The third kappa shape index (κ3) is 5.35. The summed E-state index contributed by atoms with van der Waals surface area (Å²) in [5, 5.41) is 5.19. The number of aromatic nitrogens is 1. The summed E-state index contributed by atoms with van der Waals surface area (Å²) in [7, 11) is 0. The molecule has 0 saturated heterocycles. The van der Waals surface area contributed by atoms with Gasteiger partial charge in [-0.2, -0.15) is 13.2 Å². The van der Waals surface area contributed by atoms with Crippen LogP contribution in [0.2, 0.25) is 0 Å². The molecule has 0 aliphatic rings. The van der Waals surface area contributed by atoms with Crippen LogP contribution in [0, 0.1) is 6.92 Å². The van der Waals surface area contributed by atoms with E-state index in [0.717, 1.165) is 16.3 Å². The fourth-order valence-corrected chi connectivity index (χ4v) is 2.46. The van der Waals surface area contributed by atoms with Gasteiger partial charge < -0.3 is 10.1 Å². The van der Waals surface area contributed by atoms with Gasteiger partial charge in [0.1, 0.15) is 17.4 Å². The number of hydrogen-bond donors (Lipinski definition) is 1. The fraction of sp³-hybridized carbons (Fsp3) is 0.357. The number of rotatable bonds is 6. The Hall–Kier alpha value is -1.60. The molecule has 0 aliphatic heterocycles. The van der Waals surface area contributed by atoms with E-state index in [9.17, 15) is 13.2 Å². The lowest BCUT2D eigenvalue weighted by Gasteiger charge is -2.09. The van der Waals surface area contributed by atoms with E-state index in [0.29, 0.717) is 5.75 Å². The maximum absolute atomic E-state index is 11.9. The van der Waals surface area contributed by atoms with Crippen molar-refractivity contribution in [2.75, 3.05) is 19.7 Å². The highest BCUT2D eigenvalue weighted by Gasteiger charge is 2.25. The highest BCUT2D eigenvalue weighted by atomic mass is 32.1. The van der Waals surface area contributed by atoms with Gasteiger partial charge in [0.2, 0.25) is 0 Å². The standard InChI is InChI=1S/C14H15F3N2OS/c1-10-8-21-13(19-10)11-2-4-12(5-3-11)20-7-6-18-9-14(15,16)17/h2-5,8,18H,6-7,9H2,1H3. The topological polar surface area (TPSA) is 34.1 Å². The maximum atomic E-state index is 11.9. The molecule has 0 fully saturated rings.